The Hall–Kier alpha value is -1.15. The number of carbonyl (C=O) groups is 1. The fraction of sp³-hybridized carbons (Fsp3) is 0.500. The fourth-order valence-corrected chi connectivity index (χ4v) is 2.38. The molecule has 0 unspecified atom stereocenters. The first kappa shape index (κ1) is 11.3. The van der Waals surface area contributed by atoms with E-state index in [1.54, 1.807) is 6.92 Å². The van der Waals surface area contributed by atoms with Gasteiger partial charge in [-0.15, -0.1) is 0 Å². The van der Waals surface area contributed by atoms with Crippen molar-refractivity contribution in [2.45, 2.75) is 19.8 Å². The van der Waals surface area contributed by atoms with Crippen molar-refractivity contribution < 1.29 is 9.53 Å². The number of rotatable bonds is 4. The van der Waals surface area contributed by atoms with Crippen molar-refractivity contribution in [2.24, 2.45) is 11.8 Å². The number of hydrogen-bond acceptors (Lipinski definition) is 2. The molecule has 1 aromatic rings. The van der Waals surface area contributed by atoms with Crippen LogP contribution in [0.5, 0.6) is 0 Å². The lowest BCUT2D eigenvalue weighted by Crippen LogP contribution is -2.17. The Balaban J connectivity index is 1.96. The van der Waals surface area contributed by atoms with E-state index in [0.717, 1.165) is 19.6 Å². The average Bonchev–Trinajstić information content (AvgIpc) is 2.66. The molecule has 0 bridgehead atoms. The van der Waals surface area contributed by atoms with E-state index in [4.69, 9.17) is 4.74 Å². The summed E-state index contributed by atoms with van der Waals surface area (Å²) in [7, 11) is 0. The molecule has 1 aromatic carbocycles. The van der Waals surface area contributed by atoms with Gasteiger partial charge in [0.25, 0.3) is 0 Å². The maximum absolute atomic E-state index is 11.1. The number of ether oxygens (including phenoxy) is 1. The molecule has 1 aliphatic heterocycles. The number of hydrogen-bond donors (Lipinski definition) is 0. The minimum absolute atomic E-state index is 0.272. The number of Topliss-reactive ketones (excluding diaryl/α,β-unsaturated/α-hetero) is 1. The molecule has 16 heavy (non-hydrogen) atoms. The van der Waals surface area contributed by atoms with Gasteiger partial charge in [-0.1, -0.05) is 30.3 Å². The van der Waals surface area contributed by atoms with Gasteiger partial charge in [-0.3, -0.25) is 0 Å². The third kappa shape index (κ3) is 2.92. The summed E-state index contributed by atoms with van der Waals surface area (Å²) in [6.07, 6.45) is 1.69. The highest BCUT2D eigenvalue weighted by atomic mass is 16.5. The SMILES string of the molecule is CC(=O)C[C@@H]1COC[C@H]1Cc1ccccc1. The van der Waals surface area contributed by atoms with E-state index < -0.39 is 0 Å². The molecule has 2 nitrogen and oxygen atoms in total. The summed E-state index contributed by atoms with van der Waals surface area (Å²) in [6.45, 7) is 3.21. The van der Waals surface area contributed by atoms with Crippen LogP contribution in [0.2, 0.25) is 0 Å². The predicted octanol–water partition coefficient (Wildman–Crippen LogP) is 2.47. The first-order valence-corrected chi connectivity index (χ1v) is 5.87. The summed E-state index contributed by atoms with van der Waals surface area (Å²) in [5.41, 5.74) is 1.34. The van der Waals surface area contributed by atoms with Gasteiger partial charge in [0.1, 0.15) is 5.78 Å². The Morgan fingerprint density at radius 3 is 2.62 bits per heavy atom. The van der Waals surface area contributed by atoms with Crippen molar-refractivity contribution in [3.63, 3.8) is 0 Å². The molecule has 2 atom stereocenters. The van der Waals surface area contributed by atoms with Crippen LogP contribution in [0, 0.1) is 11.8 Å². The van der Waals surface area contributed by atoms with Crippen LogP contribution in [0.1, 0.15) is 18.9 Å². The second-order valence-corrected chi connectivity index (χ2v) is 4.65. The van der Waals surface area contributed by atoms with Crippen LogP contribution < -0.4 is 0 Å². The number of ketones is 1. The van der Waals surface area contributed by atoms with E-state index in [1.807, 2.05) is 6.07 Å². The quantitative estimate of drug-likeness (QED) is 0.776. The predicted molar refractivity (Wildman–Crippen MR) is 63.2 cm³/mol. The molecule has 0 radical (unpaired) electrons. The molecule has 0 aliphatic carbocycles. The minimum atomic E-state index is 0.272. The van der Waals surface area contributed by atoms with Crippen LogP contribution in [0.3, 0.4) is 0 Å². The maximum Gasteiger partial charge on any atom is 0.130 e. The Labute approximate surface area is 96.6 Å². The van der Waals surface area contributed by atoms with Gasteiger partial charge in [0.15, 0.2) is 0 Å². The van der Waals surface area contributed by atoms with Crippen LogP contribution in [0.25, 0.3) is 0 Å². The van der Waals surface area contributed by atoms with E-state index in [0.29, 0.717) is 18.3 Å². The summed E-state index contributed by atoms with van der Waals surface area (Å²) in [4.78, 5) is 11.1. The molecule has 1 fully saturated rings. The van der Waals surface area contributed by atoms with Crippen molar-refractivity contribution in [2.75, 3.05) is 13.2 Å². The normalized spacial score (nSPS) is 24.6. The number of benzene rings is 1. The topological polar surface area (TPSA) is 26.3 Å². The molecule has 0 aromatic heterocycles. The van der Waals surface area contributed by atoms with E-state index in [9.17, 15) is 4.79 Å². The molecule has 86 valence electrons. The molecule has 0 amide bonds. The summed E-state index contributed by atoms with van der Waals surface area (Å²) >= 11 is 0. The molecular weight excluding hydrogens is 200 g/mol. The lowest BCUT2D eigenvalue weighted by Gasteiger charge is -2.16. The number of carbonyl (C=O) groups excluding carboxylic acids is 1. The minimum Gasteiger partial charge on any atom is -0.381 e. The molecule has 2 rings (SSSR count). The summed E-state index contributed by atoms with van der Waals surface area (Å²) in [6, 6.07) is 10.4. The second-order valence-electron chi connectivity index (χ2n) is 4.65. The summed E-state index contributed by atoms with van der Waals surface area (Å²) in [5.74, 6) is 1.19. The van der Waals surface area contributed by atoms with Crippen molar-refractivity contribution in [3.8, 4) is 0 Å². The van der Waals surface area contributed by atoms with Gasteiger partial charge in [0.2, 0.25) is 0 Å². The van der Waals surface area contributed by atoms with E-state index in [-0.39, 0.29) is 5.78 Å². The Morgan fingerprint density at radius 1 is 1.25 bits per heavy atom. The Kier molecular flexibility index (Phi) is 3.73. The zero-order valence-electron chi connectivity index (χ0n) is 9.69. The standard InChI is InChI=1S/C14H18O2/c1-11(15)7-13-9-16-10-14(13)8-12-5-3-2-4-6-12/h2-6,13-14H,7-10H2,1H3/t13-,14-/m1/s1. The Bertz CT molecular complexity index is 345. The second kappa shape index (κ2) is 5.26. The largest absolute Gasteiger partial charge is 0.381 e. The smallest absolute Gasteiger partial charge is 0.130 e. The molecule has 1 saturated heterocycles. The molecule has 2 heteroatoms. The van der Waals surface area contributed by atoms with Gasteiger partial charge in [0.05, 0.1) is 13.2 Å². The van der Waals surface area contributed by atoms with Crippen molar-refractivity contribution in [1.82, 2.24) is 0 Å². The van der Waals surface area contributed by atoms with Crippen molar-refractivity contribution in [3.05, 3.63) is 35.9 Å². The first-order chi connectivity index (χ1) is 7.75. The third-order valence-corrected chi connectivity index (χ3v) is 3.22. The van der Waals surface area contributed by atoms with Crippen LogP contribution >= 0.6 is 0 Å². The van der Waals surface area contributed by atoms with Gasteiger partial charge in [-0.05, 0) is 30.7 Å². The van der Waals surface area contributed by atoms with Crippen molar-refractivity contribution >= 4 is 5.78 Å². The highest BCUT2D eigenvalue weighted by Gasteiger charge is 2.28. The maximum atomic E-state index is 11.1. The molecular formula is C14H18O2. The summed E-state index contributed by atoms with van der Waals surface area (Å²) < 4.78 is 5.49. The highest BCUT2D eigenvalue weighted by Crippen LogP contribution is 2.27. The highest BCUT2D eigenvalue weighted by molar-refractivity contribution is 5.75. The molecule has 0 saturated carbocycles. The van der Waals surface area contributed by atoms with Crippen LogP contribution in [-0.2, 0) is 16.0 Å². The molecule has 0 N–H and O–H groups in total. The van der Waals surface area contributed by atoms with Crippen LogP contribution in [0.4, 0.5) is 0 Å². The lowest BCUT2D eigenvalue weighted by molar-refractivity contribution is -0.118. The Morgan fingerprint density at radius 2 is 1.94 bits per heavy atom. The van der Waals surface area contributed by atoms with Gasteiger partial charge < -0.3 is 9.53 Å². The van der Waals surface area contributed by atoms with Gasteiger partial charge in [-0.2, -0.15) is 0 Å². The zero-order chi connectivity index (χ0) is 11.4. The molecule has 1 heterocycles. The lowest BCUT2D eigenvalue weighted by atomic mass is 9.86. The van der Waals surface area contributed by atoms with E-state index in [2.05, 4.69) is 24.3 Å². The third-order valence-electron chi connectivity index (χ3n) is 3.22. The molecule has 1 aliphatic rings. The molecule has 0 spiro atoms. The van der Waals surface area contributed by atoms with Crippen molar-refractivity contribution in [1.29, 1.82) is 0 Å². The van der Waals surface area contributed by atoms with Gasteiger partial charge >= 0.3 is 0 Å². The summed E-state index contributed by atoms with van der Waals surface area (Å²) in [5, 5.41) is 0. The van der Waals surface area contributed by atoms with Gasteiger partial charge in [0, 0.05) is 6.42 Å². The van der Waals surface area contributed by atoms with E-state index >= 15 is 0 Å². The van der Waals surface area contributed by atoms with Gasteiger partial charge in [-0.25, -0.2) is 0 Å². The van der Waals surface area contributed by atoms with Crippen LogP contribution in [0.15, 0.2) is 30.3 Å². The first-order valence-electron chi connectivity index (χ1n) is 5.87. The average molecular weight is 218 g/mol. The fourth-order valence-electron chi connectivity index (χ4n) is 2.38. The van der Waals surface area contributed by atoms with Crippen LogP contribution in [-0.4, -0.2) is 19.0 Å². The zero-order valence-corrected chi connectivity index (χ0v) is 9.69. The van der Waals surface area contributed by atoms with E-state index in [1.165, 1.54) is 5.56 Å². The monoisotopic (exact) mass is 218 g/mol.